The van der Waals surface area contributed by atoms with Crippen molar-refractivity contribution < 1.29 is 9.59 Å². The van der Waals surface area contributed by atoms with Crippen LogP contribution in [0.3, 0.4) is 0 Å². The summed E-state index contributed by atoms with van der Waals surface area (Å²) in [5, 5.41) is 0. The minimum absolute atomic E-state index is 0.259. The molecule has 0 aromatic carbocycles. The molecule has 0 rings (SSSR count). The van der Waals surface area contributed by atoms with E-state index in [1.807, 2.05) is 0 Å². The van der Waals surface area contributed by atoms with Crippen molar-refractivity contribution in [3.05, 3.63) is 12.2 Å². The van der Waals surface area contributed by atoms with Gasteiger partial charge in [-0.3, -0.25) is 15.3 Å². The van der Waals surface area contributed by atoms with E-state index in [9.17, 15) is 9.59 Å². The van der Waals surface area contributed by atoms with Crippen molar-refractivity contribution in [2.24, 2.45) is 0 Å². The van der Waals surface area contributed by atoms with Crippen molar-refractivity contribution in [1.29, 1.82) is 0 Å². The van der Waals surface area contributed by atoms with E-state index in [2.05, 4.69) is 6.58 Å². The molecule has 0 unspecified atom stereocenters. The van der Waals surface area contributed by atoms with Gasteiger partial charge in [0.2, 0.25) is 0 Å². The van der Waals surface area contributed by atoms with Crippen molar-refractivity contribution in [3.63, 3.8) is 0 Å². The lowest BCUT2D eigenvalue weighted by Gasteiger charge is -1.78. The molecule has 3 heteroatoms. The molecule has 0 aliphatic rings. The Morgan fingerprint density at radius 3 is 2.14 bits per heavy atom. The summed E-state index contributed by atoms with van der Waals surface area (Å²) in [7, 11) is 0. The summed E-state index contributed by atoms with van der Waals surface area (Å²) in [6.45, 7) is 2.97. The summed E-state index contributed by atoms with van der Waals surface area (Å²) < 4.78 is 0. The standard InChI is InChI=1S/C4H4NO2/c1-3(2-6)4(5)7/h2,5H,1H2. The Morgan fingerprint density at radius 2 is 2.14 bits per heavy atom. The molecule has 0 aromatic heterocycles. The lowest BCUT2D eigenvalue weighted by atomic mass is 10.3. The molecule has 0 aromatic rings. The van der Waals surface area contributed by atoms with Crippen LogP contribution in [-0.4, -0.2) is 12.2 Å². The van der Waals surface area contributed by atoms with Crippen LogP contribution in [0.4, 0.5) is 0 Å². The largest absolute Gasteiger partial charge is 0.298 e. The Balaban J connectivity index is 3.81. The van der Waals surface area contributed by atoms with E-state index in [0.717, 1.165) is 0 Å². The van der Waals surface area contributed by atoms with Gasteiger partial charge < -0.3 is 0 Å². The van der Waals surface area contributed by atoms with Gasteiger partial charge in [0.1, 0.15) is 0 Å². The van der Waals surface area contributed by atoms with Gasteiger partial charge in [-0.2, -0.15) is 0 Å². The highest BCUT2D eigenvalue weighted by molar-refractivity contribution is 6.08. The maximum absolute atomic E-state index is 9.71. The highest BCUT2D eigenvalue weighted by Crippen LogP contribution is 1.77. The zero-order valence-corrected chi connectivity index (χ0v) is 3.60. The lowest BCUT2D eigenvalue weighted by Crippen LogP contribution is -2.01. The lowest BCUT2D eigenvalue weighted by molar-refractivity contribution is -0.117. The van der Waals surface area contributed by atoms with Crippen LogP contribution in [0.25, 0.3) is 0 Å². The number of amides is 1. The van der Waals surface area contributed by atoms with Gasteiger partial charge in [0.15, 0.2) is 6.29 Å². The van der Waals surface area contributed by atoms with Gasteiger partial charge in [0.25, 0.3) is 5.91 Å². The SMILES string of the molecule is C=C(C=O)C([NH])=O. The number of nitrogens with one attached hydrogen (secondary N) is 1. The molecule has 7 heavy (non-hydrogen) atoms. The monoisotopic (exact) mass is 98.0 g/mol. The minimum Gasteiger partial charge on any atom is -0.298 e. The van der Waals surface area contributed by atoms with Crippen LogP contribution in [-0.2, 0) is 9.59 Å². The molecular formula is C4H4NO2. The van der Waals surface area contributed by atoms with Crippen LogP contribution in [0.5, 0.6) is 0 Å². The van der Waals surface area contributed by atoms with Crippen molar-refractivity contribution in [3.8, 4) is 0 Å². The Hall–Kier alpha value is -1.12. The van der Waals surface area contributed by atoms with Gasteiger partial charge >= 0.3 is 0 Å². The third-order valence-corrected chi connectivity index (χ3v) is 0.434. The highest BCUT2D eigenvalue weighted by Gasteiger charge is 1.95. The van der Waals surface area contributed by atoms with Gasteiger partial charge in [-0.15, -0.1) is 0 Å². The first kappa shape index (κ1) is 5.88. The number of aldehydes is 1. The van der Waals surface area contributed by atoms with Crippen LogP contribution >= 0.6 is 0 Å². The van der Waals surface area contributed by atoms with E-state index in [0.29, 0.717) is 0 Å². The molecule has 1 amide bonds. The van der Waals surface area contributed by atoms with E-state index >= 15 is 0 Å². The normalized spacial score (nSPS) is 7.43. The average Bonchev–Trinajstić information content (AvgIpc) is 1.65. The van der Waals surface area contributed by atoms with E-state index < -0.39 is 5.91 Å². The molecule has 0 saturated heterocycles. The topological polar surface area (TPSA) is 57.9 Å². The molecule has 0 saturated carbocycles. The summed E-state index contributed by atoms with van der Waals surface area (Å²) in [5.74, 6) is -1.02. The van der Waals surface area contributed by atoms with E-state index in [1.165, 1.54) is 0 Å². The Kier molecular flexibility index (Phi) is 1.78. The summed E-state index contributed by atoms with van der Waals surface area (Å²) in [4.78, 5) is 19.2. The third kappa shape index (κ3) is 1.70. The van der Waals surface area contributed by atoms with E-state index in [1.54, 1.807) is 0 Å². The second-order valence-corrected chi connectivity index (χ2v) is 0.972. The fourth-order valence-corrected chi connectivity index (χ4v) is 0.0535. The van der Waals surface area contributed by atoms with E-state index in [-0.39, 0.29) is 11.9 Å². The number of carbonyl (C=O) groups excluding carboxylic acids is 2. The highest BCUT2D eigenvalue weighted by atomic mass is 16.2. The predicted molar refractivity (Wildman–Crippen MR) is 23.3 cm³/mol. The molecule has 1 N–H and O–H groups in total. The Labute approximate surface area is 40.8 Å². The molecule has 0 fully saturated rings. The molecule has 37 valence electrons. The third-order valence-electron chi connectivity index (χ3n) is 0.434. The van der Waals surface area contributed by atoms with Crippen molar-refractivity contribution in [2.45, 2.75) is 0 Å². The molecule has 1 radical (unpaired) electrons. The van der Waals surface area contributed by atoms with E-state index in [4.69, 9.17) is 5.73 Å². The number of hydrogen-bond acceptors (Lipinski definition) is 2. The molecule has 3 nitrogen and oxygen atoms in total. The maximum atomic E-state index is 9.71. The minimum atomic E-state index is -1.02. The quantitative estimate of drug-likeness (QED) is 0.203. The fraction of sp³-hybridized carbons (Fsp3) is 0. The first-order valence-corrected chi connectivity index (χ1v) is 1.58. The summed E-state index contributed by atoms with van der Waals surface area (Å²) in [5.41, 5.74) is 5.91. The summed E-state index contributed by atoms with van der Waals surface area (Å²) in [6, 6.07) is 0. The zero-order valence-electron chi connectivity index (χ0n) is 3.60. The average molecular weight is 98.1 g/mol. The molecule has 0 bridgehead atoms. The smallest absolute Gasteiger partial charge is 0.272 e. The fourth-order valence-electron chi connectivity index (χ4n) is 0.0535. The second-order valence-electron chi connectivity index (χ2n) is 0.972. The number of carbonyl (C=O) groups is 2. The van der Waals surface area contributed by atoms with Gasteiger partial charge in [-0.1, -0.05) is 6.58 Å². The van der Waals surface area contributed by atoms with Crippen LogP contribution < -0.4 is 5.73 Å². The summed E-state index contributed by atoms with van der Waals surface area (Å²) >= 11 is 0. The van der Waals surface area contributed by atoms with Gasteiger partial charge in [-0.25, -0.2) is 0 Å². The van der Waals surface area contributed by atoms with Crippen molar-refractivity contribution in [1.82, 2.24) is 5.73 Å². The maximum Gasteiger partial charge on any atom is 0.272 e. The molecule has 0 heterocycles. The van der Waals surface area contributed by atoms with Crippen LogP contribution in [0.2, 0.25) is 0 Å². The van der Waals surface area contributed by atoms with Crippen LogP contribution in [0.1, 0.15) is 0 Å². The summed E-state index contributed by atoms with van der Waals surface area (Å²) in [6.07, 6.45) is 0.259. The molecular weight excluding hydrogens is 94.0 g/mol. The number of hydrogen-bond donors (Lipinski definition) is 0. The Bertz CT molecular complexity index is 117. The molecule has 0 aliphatic carbocycles. The zero-order chi connectivity index (χ0) is 5.86. The number of rotatable bonds is 2. The first-order chi connectivity index (χ1) is 3.18. The molecule has 0 spiro atoms. The van der Waals surface area contributed by atoms with Crippen molar-refractivity contribution in [2.75, 3.05) is 0 Å². The van der Waals surface area contributed by atoms with Gasteiger partial charge in [0.05, 0.1) is 5.57 Å². The molecule has 0 atom stereocenters. The van der Waals surface area contributed by atoms with Crippen LogP contribution in [0.15, 0.2) is 12.2 Å². The van der Waals surface area contributed by atoms with Gasteiger partial charge in [-0.05, 0) is 0 Å². The molecule has 0 aliphatic heterocycles. The first-order valence-electron chi connectivity index (χ1n) is 1.58. The Morgan fingerprint density at radius 1 is 1.71 bits per heavy atom. The van der Waals surface area contributed by atoms with Gasteiger partial charge in [0, 0.05) is 0 Å². The predicted octanol–water partition coefficient (Wildman–Crippen LogP) is -0.449. The van der Waals surface area contributed by atoms with Crippen LogP contribution in [0, 0.1) is 0 Å². The second kappa shape index (κ2) is 2.12. The van der Waals surface area contributed by atoms with Crippen molar-refractivity contribution >= 4 is 12.2 Å².